The van der Waals surface area contributed by atoms with Crippen LogP contribution in [0.1, 0.15) is 10.5 Å². The van der Waals surface area contributed by atoms with Crippen molar-refractivity contribution in [3.63, 3.8) is 0 Å². The molecule has 6 nitrogen and oxygen atoms in total. The molecule has 0 atom stereocenters. The van der Waals surface area contributed by atoms with E-state index in [0.29, 0.717) is 5.39 Å². The van der Waals surface area contributed by atoms with E-state index in [4.69, 9.17) is 5.11 Å². The highest BCUT2D eigenvalue weighted by atomic mass is 16.4. The van der Waals surface area contributed by atoms with Crippen molar-refractivity contribution in [1.29, 1.82) is 0 Å². The van der Waals surface area contributed by atoms with Gasteiger partial charge in [0.15, 0.2) is 5.69 Å². The zero-order valence-corrected chi connectivity index (χ0v) is 10.2. The molecule has 1 aromatic heterocycles. The van der Waals surface area contributed by atoms with Gasteiger partial charge in [0.05, 0.1) is 5.52 Å². The van der Waals surface area contributed by atoms with Crippen LogP contribution in [0, 0.1) is 0 Å². The molecule has 0 saturated heterocycles. The molecule has 19 heavy (non-hydrogen) atoms. The first-order chi connectivity index (χ1) is 9.13. The number of rotatable bonds is 5. The summed E-state index contributed by atoms with van der Waals surface area (Å²) in [5.74, 6) is -1.50. The Bertz CT molecular complexity index is 633. The van der Waals surface area contributed by atoms with Crippen LogP contribution in [0.5, 0.6) is 0 Å². The number of aromatic amines is 1. The van der Waals surface area contributed by atoms with E-state index in [0.717, 1.165) is 5.52 Å². The molecule has 0 bridgehead atoms. The van der Waals surface area contributed by atoms with E-state index in [1.165, 1.54) is 11.0 Å². The Morgan fingerprint density at radius 2 is 2.16 bits per heavy atom. The molecule has 6 heteroatoms. The summed E-state index contributed by atoms with van der Waals surface area (Å²) in [7, 11) is 0. The Kier molecular flexibility index (Phi) is 3.61. The Morgan fingerprint density at radius 1 is 1.42 bits per heavy atom. The topological polar surface area (TPSA) is 86.3 Å². The zero-order chi connectivity index (χ0) is 13.8. The van der Waals surface area contributed by atoms with Gasteiger partial charge in [-0.1, -0.05) is 24.3 Å². The summed E-state index contributed by atoms with van der Waals surface area (Å²) in [6.45, 7) is 3.29. The molecule has 0 fully saturated rings. The zero-order valence-electron chi connectivity index (χ0n) is 10.2. The summed E-state index contributed by atoms with van der Waals surface area (Å²) >= 11 is 0. The minimum Gasteiger partial charge on any atom is -0.480 e. The van der Waals surface area contributed by atoms with Crippen LogP contribution < -0.4 is 0 Å². The fourth-order valence-corrected chi connectivity index (χ4v) is 1.81. The third kappa shape index (κ3) is 2.62. The van der Waals surface area contributed by atoms with Crippen LogP contribution in [0.15, 0.2) is 36.9 Å². The van der Waals surface area contributed by atoms with Gasteiger partial charge in [0, 0.05) is 11.9 Å². The number of nitrogens with zero attached hydrogens (tertiary/aromatic N) is 2. The number of amides is 1. The van der Waals surface area contributed by atoms with Crippen molar-refractivity contribution in [2.75, 3.05) is 13.1 Å². The molecule has 2 aromatic rings. The molecule has 0 spiro atoms. The van der Waals surface area contributed by atoms with Crippen LogP contribution in [-0.2, 0) is 4.79 Å². The van der Waals surface area contributed by atoms with Gasteiger partial charge in [-0.15, -0.1) is 6.58 Å². The molecule has 0 aliphatic carbocycles. The fourth-order valence-electron chi connectivity index (χ4n) is 1.81. The normalized spacial score (nSPS) is 10.3. The van der Waals surface area contributed by atoms with Crippen molar-refractivity contribution in [2.24, 2.45) is 0 Å². The Morgan fingerprint density at radius 3 is 2.84 bits per heavy atom. The van der Waals surface area contributed by atoms with E-state index in [2.05, 4.69) is 16.8 Å². The summed E-state index contributed by atoms with van der Waals surface area (Å²) in [5, 5.41) is 16.2. The highest BCUT2D eigenvalue weighted by molar-refractivity contribution is 6.05. The number of carbonyl (C=O) groups is 2. The predicted molar refractivity (Wildman–Crippen MR) is 69.8 cm³/mol. The fraction of sp³-hybridized carbons (Fsp3) is 0.154. The number of para-hydroxylation sites is 1. The van der Waals surface area contributed by atoms with Gasteiger partial charge < -0.3 is 10.0 Å². The number of hydrogen-bond donors (Lipinski definition) is 2. The van der Waals surface area contributed by atoms with Gasteiger partial charge >= 0.3 is 5.97 Å². The molecule has 2 rings (SSSR count). The maximum Gasteiger partial charge on any atom is 0.323 e. The van der Waals surface area contributed by atoms with Crippen molar-refractivity contribution in [1.82, 2.24) is 15.1 Å². The summed E-state index contributed by atoms with van der Waals surface area (Å²) in [6.07, 6.45) is 1.48. The summed E-state index contributed by atoms with van der Waals surface area (Å²) in [4.78, 5) is 24.2. The minimum absolute atomic E-state index is 0.159. The molecule has 1 heterocycles. The number of nitrogens with one attached hydrogen (secondary N) is 1. The number of H-pyrrole nitrogens is 1. The summed E-state index contributed by atoms with van der Waals surface area (Å²) < 4.78 is 0. The standard InChI is InChI=1S/C13H13N3O3/c1-2-7-16(8-11(17)18)13(19)12-9-5-3-4-6-10(9)14-15-12/h2-6H,1,7-8H2,(H,14,15)(H,17,18). The lowest BCUT2D eigenvalue weighted by atomic mass is 10.2. The van der Waals surface area contributed by atoms with Crippen LogP contribution in [-0.4, -0.2) is 45.2 Å². The highest BCUT2D eigenvalue weighted by Crippen LogP contribution is 2.16. The molecule has 1 aromatic carbocycles. The van der Waals surface area contributed by atoms with Crippen LogP contribution in [0.4, 0.5) is 0 Å². The lowest BCUT2D eigenvalue weighted by Gasteiger charge is -2.17. The van der Waals surface area contributed by atoms with E-state index >= 15 is 0 Å². The second-order valence-corrected chi connectivity index (χ2v) is 3.99. The predicted octanol–water partition coefficient (Wildman–Crippen LogP) is 1.28. The largest absolute Gasteiger partial charge is 0.480 e. The van der Waals surface area contributed by atoms with Crippen molar-refractivity contribution < 1.29 is 14.7 Å². The first kappa shape index (κ1) is 12.8. The number of carboxylic acid groups (broad SMARTS) is 1. The molecular weight excluding hydrogens is 246 g/mol. The number of benzene rings is 1. The summed E-state index contributed by atoms with van der Waals surface area (Å²) in [6, 6.07) is 7.18. The van der Waals surface area contributed by atoms with Gasteiger partial charge in [-0.2, -0.15) is 5.10 Å². The van der Waals surface area contributed by atoms with Crippen molar-refractivity contribution >= 4 is 22.8 Å². The van der Waals surface area contributed by atoms with Gasteiger partial charge in [-0.05, 0) is 6.07 Å². The summed E-state index contributed by atoms with van der Waals surface area (Å²) in [5.41, 5.74) is 0.957. The number of hydrogen-bond acceptors (Lipinski definition) is 3. The van der Waals surface area contributed by atoms with Gasteiger partial charge in [-0.25, -0.2) is 0 Å². The molecule has 0 radical (unpaired) electrons. The smallest absolute Gasteiger partial charge is 0.323 e. The van der Waals surface area contributed by atoms with Gasteiger partial charge in [0.2, 0.25) is 0 Å². The third-order valence-corrected chi connectivity index (χ3v) is 2.64. The monoisotopic (exact) mass is 259 g/mol. The molecule has 2 N–H and O–H groups in total. The van der Waals surface area contributed by atoms with E-state index in [1.54, 1.807) is 18.2 Å². The molecule has 0 unspecified atom stereocenters. The molecule has 0 saturated carbocycles. The first-order valence-electron chi connectivity index (χ1n) is 5.68. The SMILES string of the molecule is C=CCN(CC(=O)O)C(=O)c1n[nH]c2ccccc12. The lowest BCUT2D eigenvalue weighted by Crippen LogP contribution is -2.36. The van der Waals surface area contributed by atoms with E-state index in [1.807, 2.05) is 6.07 Å². The van der Waals surface area contributed by atoms with Gasteiger partial charge in [0.1, 0.15) is 6.54 Å². The maximum atomic E-state index is 12.3. The van der Waals surface area contributed by atoms with Crippen LogP contribution in [0.3, 0.4) is 0 Å². The van der Waals surface area contributed by atoms with E-state index in [9.17, 15) is 9.59 Å². The molecule has 1 amide bonds. The second kappa shape index (κ2) is 5.34. The number of carbonyl (C=O) groups excluding carboxylic acids is 1. The second-order valence-electron chi connectivity index (χ2n) is 3.99. The van der Waals surface area contributed by atoms with E-state index in [-0.39, 0.29) is 18.8 Å². The molecule has 0 aliphatic rings. The Hall–Kier alpha value is -2.63. The average Bonchev–Trinajstić information content (AvgIpc) is 2.80. The quantitative estimate of drug-likeness (QED) is 0.792. The maximum absolute atomic E-state index is 12.3. The van der Waals surface area contributed by atoms with E-state index < -0.39 is 11.9 Å². The molecule has 98 valence electrons. The van der Waals surface area contributed by atoms with Crippen molar-refractivity contribution in [3.05, 3.63) is 42.6 Å². The van der Waals surface area contributed by atoms with Gasteiger partial charge in [-0.3, -0.25) is 14.7 Å². The van der Waals surface area contributed by atoms with Crippen LogP contribution >= 0.6 is 0 Å². The molecular formula is C13H13N3O3. The average molecular weight is 259 g/mol. The number of aromatic nitrogens is 2. The van der Waals surface area contributed by atoms with Crippen LogP contribution in [0.2, 0.25) is 0 Å². The highest BCUT2D eigenvalue weighted by Gasteiger charge is 2.21. The van der Waals surface area contributed by atoms with Crippen molar-refractivity contribution in [3.8, 4) is 0 Å². The van der Waals surface area contributed by atoms with Crippen LogP contribution in [0.25, 0.3) is 10.9 Å². The third-order valence-electron chi connectivity index (χ3n) is 2.64. The number of aliphatic carboxylic acids is 1. The van der Waals surface area contributed by atoms with Gasteiger partial charge in [0.25, 0.3) is 5.91 Å². The minimum atomic E-state index is -1.07. The Labute approximate surface area is 109 Å². The Balaban J connectivity index is 2.35. The van der Waals surface area contributed by atoms with Crippen molar-refractivity contribution in [2.45, 2.75) is 0 Å². The number of carboxylic acids is 1. The lowest BCUT2D eigenvalue weighted by molar-refractivity contribution is -0.137. The molecule has 0 aliphatic heterocycles. The number of fused-ring (bicyclic) bond motifs is 1. The first-order valence-corrected chi connectivity index (χ1v) is 5.68.